The first-order chi connectivity index (χ1) is 10.0. The quantitative estimate of drug-likeness (QED) is 0.931. The molecule has 2 atom stereocenters. The third kappa shape index (κ3) is 2.88. The topological polar surface area (TPSA) is 53.1 Å². The summed E-state index contributed by atoms with van der Waals surface area (Å²) < 4.78 is 8.11. The average Bonchev–Trinajstić information content (AvgIpc) is 2.99. The summed E-state index contributed by atoms with van der Waals surface area (Å²) in [7, 11) is 2.01. The van der Waals surface area contributed by atoms with Gasteiger partial charge in [-0.3, -0.25) is 4.68 Å². The molecule has 0 aromatic carbocycles. The van der Waals surface area contributed by atoms with Gasteiger partial charge in [0.1, 0.15) is 0 Å². The van der Waals surface area contributed by atoms with Crippen LogP contribution in [-0.2, 0) is 18.2 Å². The summed E-state index contributed by atoms with van der Waals surface area (Å²) in [5.41, 5.74) is 10.5. The Hall–Kier alpha value is -0.870. The van der Waals surface area contributed by atoms with Gasteiger partial charge in [-0.15, -0.1) is 0 Å². The predicted molar refractivity (Wildman–Crippen MR) is 84.2 cm³/mol. The number of aromatic nitrogens is 2. The fourth-order valence-corrected chi connectivity index (χ4v) is 4.31. The SMILES string of the molecule is Cc1nn(C)c(C)c1CC(N)C1CCOC2(CCCC2)C1. The molecule has 118 valence electrons. The maximum absolute atomic E-state index is 6.59. The Bertz CT molecular complexity index is 502. The van der Waals surface area contributed by atoms with Crippen molar-refractivity contribution in [1.82, 2.24) is 9.78 Å². The molecule has 1 aromatic heterocycles. The molecule has 2 N–H and O–H groups in total. The molecule has 0 bridgehead atoms. The van der Waals surface area contributed by atoms with Crippen molar-refractivity contribution in [3.05, 3.63) is 17.0 Å². The first kappa shape index (κ1) is 15.0. The van der Waals surface area contributed by atoms with Gasteiger partial charge in [-0.25, -0.2) is 0 Å². The first-order valence-electron chi connectivity index (χ1n) is 8.39. The number of aryl methyl sites for hydroxylation is 2. The number of rotatable bonds is 3. The standard InChI is InChI=1S/C17H29N3O/c1-12-15(13(2)20(3)19-12)10-16(18)14-6-9-21-17(11-14)7-4-5-8-17/h14,16H,4-11,18H2,1-3H3. The minimum absolute atomic E-state index is 0.166. The van der Waals surface area contributed by atoms with Crippen LogP contribution >= 0.6 is 0 Å². The number of ether oxygens (including phenoxy) is 1. The van der Waals surface area contributed by atoms with Crippen molar-refractivity contribution in [2.24, 2.45) is 18.7 Å². The van der Waals surface area contributed by atoms with Crippen LogP contribution in [0.15, 0.2) is 0 Å². The average molecular weight is 291 g/mol. The number of hydrogen-bond donors (Lipinski definition) is 1. The van der Waals surface area contributed by atoms with Crippen LogP contribution in [0.2, 0.25) is 0 Å². The molecule has 2 fully saturated rings. The van der Waals surface area contributed by atoms with E-state index in [-0.39, 0.29) is 11.6 Å². The Balaban J connectivity index is 1.68. The molecule has 4 nitrogen and oxygen atoms in total. The molecule has 3 rings (SSSR count). The van der Waals surface area contributed by atoms with Crippen LogP contribution in [0, 0.1) is 19.8 Å². The van der Waals surface area contributed by atoms with Gasteiger partial charge in [-0.2, -0.15) is 5.10 Å². The van der Waals surface area contributed by atoms with Crippen LogP contribution in [0.3, 0.4) is 0 Å². The monoisotopic (exact) mass is 291 g/mol. The first-order valence-corrected chi connectivity index (χ1v) is 8.39. The van der Waals surface area contributed by atoms with E-state index in [4.69, 9.17) is 10.5 Å². The van der Waals surface area contributed by atoms with Crippen LogP contribution in [-0.4, -0.2) is 28.0 Å². The summed E-state index contributed by atoms with van der Waals surface area (Å²) in [6, 6.07) is 0.230. The molecule has 2 unspecified atom stereocenters. The highest BCUT2D eigenvalue weighted by Gasteiger charge is 2.41. The van der Waals surface area contributed by atoms with Crippen molar-refractivity contribution >= 4 is 0 Å². The molecular formula is C17H29N3O. The van der Waals surface area contributed by atoms with Gasteiger partial charge in [-0.1, -0.05) is 12.8 Å². The molecule has 21 heavy (non-hydrogen) atoms. The van der Waals surface area contributed by atoms with Gasteiger partial charge in [0.05, 0.1) is 11.3 Å². The lowest BCUT2D eigenvalue weighted by molar-refractivity contribution is -0.0960. The maximum Gasteiger partial charge on any atom is 0.0685 e. The van der Waals surface area contributed by atoms with Gasteiger partial charge in [-0.05, 0) is 57.4 Å². The third-order valence-corrected chi connectivity index (χ3v) is 5.75. The molecule has 2 heterocycles. The van der Waals surface area contributed by atoms with Crippen molar-refractivity contribution in [2.45, 2.75) is 70.4 Å². The molecule has 0 amide bonds. The number of hydrogen-bond acceptors (Lipinski definition) is 3. The van der Waals surface area contributed by atoms with Crippen molar-refractivity contribution < 1.29 is 4.74 Å². The summed E-state index contributed by atoms with van der Waals surface area (Å²) in [6.07, 6.45) is 8.34. The van der Waals surface area contributed by atoms with Crippen molar-refractivity contribution in [3.63, 3.8) is 0 Å². The highest BCUT2D eigenvalue weighted by atomic mass is 16.5. The molecule has 1 aliphatic heterocycles. The van der Waals surface area contributed by atoms with Crippen molar-refractivity contribution in [2.75, 3.05) is 6.61 Å². The van der Waals surface area contributed by atoms with E-state index in [2.05, 4.69) is 18.9 Å². The van der Waals surface area contributed by atoms with Gasteiger partial charge in [0.25, 0.3) is 0 Å². The van der Waals surface area contributed by atoms with Crippen LogP contribution in [0.5, 0.6) is 0 Å². The molecule has 1 saturated carbocycles. The molecule has 1 spiro atoms. The second-order valence-electron chi connectivity index (χ2n) is 7.13. The van der Waals surface area contributed by atoms with E-state index >= 15 is 0 Å². The maximum atomic E-state index is 6.59. The summed E-state index contributed by atoms with van der Waals surface area (Å²) >= 11 is 0. The molecule has 1 aliphatic carbocycles. The van der Waals surface area contributed by atoms with Gasteiger partial charge in [0.15, 0.2) is 0 Å². The lowest BCUT2D eigenvalue weighted by atomic mass is 9.79. The second-order valence-corrected chi connectivity index (χ2v) is 7.13. The predicted octanol–water partition coefficient (Wildman–Crippen LogP) is 2.65. The Labute approximate surface area is 128 Å². The number of nitrogens with zero attached hydrogens (tertiary/aromatic N) is 2. The zero-order valence-electron chi connectivity index (χ0n) is 13.7. The zero-order chi connectivity index (χ0) is 15.0. The molecule has 2 aliphatic rings. The third-order valence-electron chi connectivity index (χ3n) is 5.75. The number of nitrogens with two attached hydrogens (primary N) is 1. The second kappa shape index (κ2) is 5.73. The molecule has 0 radical (unpaired) electrons. The van der Waals surface area contributed by atoms with Crippen LogP contribution in [0.25, 0.3) is 0 Å². The lowest BCUT2D eigenvalue weighted by Crippen LogP contribution is -2.44. The van der Waals surface area contributed by atoms with E-state index in [1.165, 1.54) is 36.9 Å². The smallest absolute Gasteiger partial charge is 0.0685 e. The van der Waals surface area contributed by atoms with E-state index in [0.29, 0.717) is 5.92 Å². The highest BCUT2D eigenvalue weighted by molar-refractivity contribution is 5.25. The fraction of sp³-hybridized carbons (Fsp3) is 0.824. The Morgan fingerprint density at radius 1 is 1.38 bits per heavy atom. The molecular weight excluding hydrogens is 262 g/mol. The van der Waals surface area contributed by atoms with Crippen LogP contribution in [0.1, 0.15) is 55.5 Å². The van der Waals surface area contributed by atoms with Gasteiger partial charge in [0, 0.05) is 25.4 Å². The van der Waals surface area contributed by atoms with Crippen molar-refractivity contribution in [1.29, 1.82) is 0 Å². The highest BCUT2D eigenvalue weighted by Crippen LogP contribution is 2.43. The lowest BCUT2D eigenvalue weighted by Gasteiger charge is -2.40. The zero-order valence-corrected chi connectivity index (χ0v) is 13.7. The van der Waals surface area contributed by atoms with E-state index in [1.54, 1.807) is 0 Å². The van der Waals surface area contributed by atoms with E-state index in [1.807, 2.05) is 11.7 Å². The largest absolute Gasteiger partial charge is 0.375 e. The van der Waals surface area contributed by atoms with Gasteiger partial charge >= 0.3 is 0 Å². The normalized spacial score (nSPS) is 26.4. The van der Waals surface area contributed by atoms with E-state index < -0.39 is 0 Å². The fourth-order valence-electron chi connectivity index (χ4n) is 4.31. The van der Waals surface area contributed by atoms with Gasteiger partial charge < -0.3 is 10.5 Å². The van der Waals surface area contributed by atoms with Gasteiger partial charge in [0.2, 0.25) is 0 Å². The Kier molecular flexibility index (Phi) is 4.10. The molecule has 4 heteroatoms. The molecule has 1 saturated heterocycles. The Morgan fingerprint density at radius 2 is 2.10 bits per heavy atom. The Morgan fingerprint density at radius 3 is 2.71 bits per heavy atom. The minimum Gasteiger partial charge on any atom is -0.375 e. The van der Waals surface area contributed by atoms with Crippen LogP contribution in [0.4, 0.5) is 0 Å². The summed E-state index contributed by atoms with van der Waals surface area (Å²) in [6.45, 7) is 5.13. The van der Waals surface area contributed by atoms with E-state index in [0.717, 1.165) is 31.6 Å². The van der Waals surface area contributed by atoms with Crippen LogP contribution < -0.4 is 5.73 Å². The summed E-state index contributed by atoms with van der Waals surface area (Å²) in [4.78, 5) is 0. The van der Waals surface area contributed by atoms with E-state index in [9.17, 15) is 0 Å². The minimum atomic E-state index is 0.166. The van der Waals surface area contributed by atoms with Crippen molar-refractivity contribution in [3.8, 4) is 0 Å². The summed E-state index contributed by atoms with van der Waals surface area (Å²) in [5, 5.41) is 4.52. The summed E-state index contributed by atoms with van der Waals surface area (Å²) in [5.74, 6) is 0.593. The molecule has 1 aromatic rings.